The van der Waals surface area contributed by atoms with Gasteiger partial charge in [0.05, 0.1) is 5.39 Å². The molecule has 0 aliphatic carbocycles. The van der Waals surface area contributed by atoms with Gasteiger partial charge in [-0.3, -0.25) is 14.4 Å². The molecule has 3 N–H and O–H groups in total. The fourth-order valence-electron chi connectivity index (χ4n) is 2.41. The first-order valence-corrected chi connectivity index (χ1v) is 8.59. The second-order valence-electron chi connectivity index (χ2n) is 5.88. The van der Waals surface area contributed by atoms with Gasteiger partial charge in [-0.15, -0.1) is 11.3 Å². The van der Waals surface area contributed by atoms with Crippen LogP contribution in [0.5, 0.6) is 0 Å². The molecule has 2 heterocycles. The summed E-state index contributed by atoms with van der Waals surface area (Å²) in [4.78, 5) is 43.5. The third kappa shape index (κ3) is 4.41. The molecular weight excluding hydrogens is 330 g/mol. The van der Waals surface area contributed by atoms with Crippen molar-refractivity contribution in [1.82, 2.24) is 15.3 Å². The van der Waals surface area contributed by atoms with Gasteiger partial charge in [-0.05, 0) is 32.8 Å². The van der Waals surface area contributed by atoms with Gasteiger partial charge in [0.1, 0.15) is 10.7 Å². The van der Waals surface area contributed by atoms with E-state index in [1.54, 1.807) is 6.92 Å². The molecule has 0 radical (unpaired) electrons. The zero-order valence-electron chi connectivity index (χ0n) is 13.9. The van der Waals surface area contributed by atoms with Crippen LogP contribution < -0.4 is 10.9 Å². The van der Waals surface area contributed by atoms with Gasteiger partial charge in [-0.2, -0.15) is 0 Å². The Hall–Kier alpha value is -2.22. The predicted molar refractivity (Wildman–Crippen MR) is 92.5 cm³/mol. The molecule has 2 aromatic heterocycles. The summed E-state index contributed by atoms with van der Waals surface area (Å²) in [6, 6.07) is -0.203. The zero-order chi connectivity index (χ0) is 17.9. The molecule has 0 saturated carbocycles. The summed E-state index contributed by atoms with van der Waals surface area (Å²) in [6.45, 7) is 5.62. The fraction of sp³-hybridized carbons (Fsp3) is 0.500. The van der Waals surface area contributed by atoms with Crippen LogP contribution in [0.4, 0.5) is 0 Å². The van der Waals surface area contributed by atoms with Gasteiger partial charge in [0, 0.05) is 30.2 Å². The van der Waals surface area contributed by atoms with Crippen LogP contribution in [0.1, 0.15) is 42.5 Å². The van der Waals surface area contributed by atoms with Gasteiger partial charge >= 0.3 is 5.97 Å². The van der Waals surface area contributed by atoms with E-state index in [0.29, 0.717) is 28.9 Å². The maximum atomic E-state index is 12.2. The third-order valence-corrected chi connectivity index (χ3v) is 4.98. The maximum Gasteiger partial charge on any atom is 0.303 e. The van der Waals surface area contributed by atoms with E-state index in [9.17, 15) is 14.4 Å². The van der Waals surface area contributed by atoms with Gasteiger partial charge in [0.15, 0.2) is 0 Å². The van der Waals surface area contributed by atoms with Crippen molar-refractivity contribution in [1.29, 1.82) is 0 Å². The van der Waals surface area contributed by atoms with E-state index >= 15 is 0 Å². The molecular formula is C16H21N3O4S. The molecule has 0 aliphatic heterocycles. The first-order chi connectivity index (χ1) is 11.3. The molecule has 1 atom stereocenters. The molecule has 2 rings (SSSR count). The molecule has 0 saturated heterocycles. The minimum absolute atomic E-state index is 0.0179. The van der Waals surface area contributed by atoms with Gasteiger partial charge in [0.25, 0.3) is 5.56 Å². The minimum Gasteiger partial charge on any atom is -0.481 e. The van der Waals surface area contributed by atoms with Crippen LogP contribution in [0.15, 0.2) is 4.79 Å². The zero-order valence-corrected chi connectivity index (χ0v) is 14.7. The van der Waals surface area contributed by atoms with Gasteiger partial charge < -0.3 is 15.4 Å². The first-order valence-electron chi connectivity index (χ1n) is 7.78. The minimum atomic E-state index is -0.882. The summed E-state index contributed by atoms with van der Waals surface area (Å²) in [6.07, 6.45) is 0.924. The number of carbonyl (C=O) groups excluding carboxylic acids is 1. The number of thiophene rings is 1. The molecule has 1 amide bonds. The number of aromatic amines is 1. The highest BCUT2D eigenvalue weighted by atomic mass is 32.1. The number of carboxylic acid groups (broad SMARTS) is 1. The van der Waals surface area contributed by atoms with Crippen LogP contribution in [-0.2, 0) is 16.0 Å². The number of carboxylic acids is 1. The Kier molecular flexibility index (Phi) is 5.71. The van der Waals surface area contributed by atoms with E-state index in [4.69, 9.17) is 5.11 Å². The Morgan fingerprint density at radius 3 is 2.71 bits per heavy atom. The summed E-state index contributed by atoms with van der Waals surface area (Å²) < 4.78 is 0. The molecule has 7 nitrogen and oxygen atoms in total. The number of nitrogens with one attached hydrogen (secondary N) is 2. The molecule has 0 spiro atoms. The molecule has 24 heavy (non-hydrogen) atoms. The standard InChI is InChI=1S/C16H21N3O4S/c1-8(4-7-13(21)22)17-12(20)6-5-11-18-15(23)14-9(2)10(3)24-16(14)19-11/h8H,4-7H2,1-3H3,(H,17,20)(H,21,22)(H,18,19,23). The molecule has 2 aromatic rings. The van der Waals surface area contributed by atoms with Crippen LogP contribution in [0.3, 0.4) is 0 Å². The SMILES string of the molecule is Cc1sc2nc(CCC(=O)NC(C)CCC(=O)O)[nH]c(=O)c2c1C. The Morgan fingerprint density at radius 1 is 1.33 bits per heavy atom. The van der Waals surface area contributed by atoms with Crippen molar-refractivity contribution >= 4 is 33.4 Å². The summed E-state index contributed by atoms with van der Waals surface area (Å²) >= 11 is 1.47. The van der Waals surface area contributed by atoms with Crippen LogP contribution >= 0.6 is 11.3 Å². The number of H-pyrrole nitrogens is 1. The Balaban J connectivity index is 1.97. The van der Waals surface area contributed by atoms with Crippen LogP contribution in [-0.4, -0.2) is 33.0 Å². The van der Waals surface area contributed by atoms with E-state index in [1.807, 2.05) is 13.8 Å². The third-order valence-electron chi connectivity index (χ3n) is 3.88. The maximum absolute atomic E-state index is 12.2. The van der Waals surface area contributed by atoms with Crippen molar-refractivity contribution in [3.05, 3.63) is 26.6 Å². The van der Waals surface area contributed by atoms with Crippen molar-refractivity contribution in [2.75, 3.05) is 0 Å². The smallest absolute Gasteiger partial charge is 0.303 e. The van der Waals surface area contributed by atoms with Crippen molar-refractivity contribution in [3.8, 4) is 0 Å². The highest BCUT2D eigenvalue weighted by molar-refractivity contribution is 7.18. The lowest BCUT2D eigenvalue weighted by Crippen LogP contribution is -2.33. The number of aliphatic carboxylic acids is 1. The van der Waals surface area contributed by atoms with E-state index < -0.39 is 5.97 Å². The number of aromatic nitrogens is 2. The average Bonchev–Trinajstić information content (AvgIpc) is 2.78. The van der Waals surface area contributed by atoms with Gasteiger partial charge in [-0.1, -0.05) is 0 Å². The Bertz CT molecular complexity index is 825. The topological polar surface area (TPSA) is 112 Å². The largest absolute Gasteiger partial charge is 0.481 e. The molecule has 8 heteroatoms. The van der Waals surface area contributed by atoms with Crippen molar-refractivity contribution in [2.45, 2.75) is 52.5 Å². The number of fused-ring (bicyclic) bond motifs is 1. The molecule has 1 unspecified atom stereocenters. The van der Waals surface area contributed by atoms with Crippen molar-refractivity contribution < 1.29 is 14.7 Å². The van der Waals surface area contributed by atoms with Crippen molar-refractivity contribution in [2.24, 2.45) is 0 Å². The normalized spacial score (nSPS) is 12.3. The molecule has 130 valence electrons. The van der Waals surface area contributed by atoms with E-state index in [0.717, 1.165) is 10.4 Å². The molecule has 0 bridgehead atoms. The quantitative estimate of drug-likeness (QED) is 0.705. The number of nitrogens with zero attached hydrogens (tertiary/aromatic N) is 1. The fourth-order valence-corrected chi connectivity index (χ4v) is 3.46. The number of amides is 1. The highest BCUT2D eigenvalue weighted by Crippen LogP contribution is 2.25. The van der Waals surface area contributed by atoms with E-state index in [-0.39, 0.29) is 30.3 Å². The highest BCUT2D eigenvalue weighted by Gasteiger charge is 2.13. The molecule has 0 aromatic carbocycles. The summed E-state index contributed by atoms with van der Waals surface area (Å²) in [7, 11) is 0. The lowest BCUT2D eigenvalue weighted by molar-refractivity contribution is -0.137. The van der Waals surface area contributed by atoms with Crippen LogP contribution in [0.25, 0.3) is 10.2 Å². The van der Waals surface area contributed by atoms with Gasteiger partial charge in [0.2, 0.25) is 5.91 Å². The van der Waals surface area contributed by atoms with Gasteiger partial charge in [-0.25, -0.2) is 4.98 Å². The lowest BCUT2D eigenvalue weighted by atomic mass is 10.1. The summed E-state index contributed by atoms with van der Waals surface area (Å²) in [5.74, 6) is -0.580. The first kappa shape index (κ1) is 18.1. The number of rotatable bonds is 7. The predicted octanol–water partition coefficient (Wildman–Crippen LogP) is 1.90. The number of carbonyl (C=O) groups is 2. The van der Waals surface area contributed by atoms with Crippen molar-refractivity contribution in [3.63, 3.8) is 0 Å². The molecule has 0 aliphatic rings. The molecule has 0 fully saturated rings. The Morgan fingerprint density at radius 2 is 2.04 bits per heavy atom. The number of aryl methyl sites for hydroxylation is 3. The average molecular weight is 351 g/mol. The summed E-state index contributed by atoms with van der Waals surface area (Å²) in [5.41, 5.74) is 0.771. The second-order valence-corrected chi connectivity index (χ2v) is 7.08. The number of hydrogen-bond acceptors (Lipinski definition) is 5. The van der Waals surface area contributed by atoms with Crippen LogP contribution in [0.2, 0.25) is 0 Å². The lowest BCUT2D eigenvalue weighted by Gasteiger charge is -2.12. The summed E-state index contributed by atoms with van der Waals surface area (Å²) in [5, 5.41) is 12.0. The van der Waals surface area contributed by atoms with E-state index in [2.05, 4.69) is 15.3 Å². The second kappa shape index (κ2) is 7.57. The number of hydrogen-bond donors (Lipinski definition) is 3. The van der Waals surface area contributed by atoms with E-state index in [1.165, 1.54) is 11.3 Å². The monoisotopic (exact) mass is 351 g/mol. The van der Waals surface area contributed by atoms with Crippen LogP contribution in [0, 0.1) is 13.8 Å². The Labute approximate surface area is 143 Å².